The highest BCUT2D eigenvalue weighted by Gasteiger charge is 2.11. The first-order valence-electron chi connectivity index (χ1n) is 6.76. The number of hydrogen-bond acceptors (Lipinski definition) is 4. The fourth-order valence-electron chi connectivity index (χ4n) is 2.26. The summed E-state index contributed by atoms with van der Waals surface area (Å²) in [6.07, 6.45) is 0.116. The fraction of sp³-hybridized carbons (Fsp3) is 0.188. The maximum Gasteiger partial charge on any atom is 0.311 e. The molecular formula is C16H14FN3O2. The van der Waals surface area contributed by atoms with Crippen LogP contribution in [0.2, 0.25) is 0 Å². The molecule has 0 radical (unpaired) electrons. The number of rotatable bonds is 3. The molecule has 1 aromatic carbocycles. The maximum atomic E-state index is 13.0. The number of methoxy groups -OCH3 is 1. The number of hydrogen-bond donors (Lipinski definition) is 0. The van der Waals surface area contributed by atoms with Crippen LogP contribution in [0.3, 0.4) is 0 Å². The number of halogens is 1. The van der Waals surface area contributed by atoms with E-state index < -0.39 is 0 Å². The molecule has 0 bridgehead atoms. The summed E-state index contributed by atoms with van der Waals surface area (Å²) in [6, 6.07) is 9.72. The van der Waals surface area contributed by atoms with Crippen molar-refractivity contribution in [2.24, 2.45) is 0 Å². The van der Waals surface area contributed by atoms with E-state index >= 15 is 0 Å². The molecule has 0 N–H and O–H groups in total. The van der Waals surface area contributed by atoms with Crippen LogP contribution in [-0.4, -0.2) is 27.7 Å². The van der Waals surface area contributed by atoms with E-state index in [4.69, 9.17) is 0 Å². The van der Waals surface area contributed by atoms with Crippen molar-refractivity contribution in [1.29, 1.82) is 0 Å². The third-order valence-corrected chi connectivity index (χ3v) is 3.35. The Bertz CT molecular complexity index is 840. The van der Waals surface area contributed by atoms with E-state index in [1.54, 1.807) is 28.8 Å². The van der Waals surface area contributed by atoms with Gasteiger partial charge in [-0.1, -0.05) is 0 Å². The molecule has 22 heavy (non-hydrogen) atoms. The standard InChI is InChI=1S/C16H14FN3O2/c1-10-7-13(8-16(21)22-2)18-15-9-14(19-20(10)15)11-3-5-12(17)6-4-11/h3-7,9H,8H2,1-2H3. The lowest BCUT2D eigenvalue weighted by Gasteiger charge is -2.03. The second-order valence-corrected chi connectivity index (χ2v) is 4.95. The van der Waals surface area contributed by atoms with Gasteiger partial charge in [-0.25, -0.2) is 13.9 Å². The number of nitrogens with zero attached hydrogens (tertiary/aromatic N) is 3. The molecule has 0 saturated carbocycles. The van der Waals surface area contributed by atoms with E-state index in [1.165, 1.54) is 19.2 Å². The predicted molar refractivity (Wildman–Crippen MR) is 78.8 cm³/mol. The van der Waals surface area contributed by atoms with Crippen LogP contribution in [0.25, 0.3) is 16.9 Å². The molecule has 0 unspecified atom stereocenters. The van der Waals surface area contributed by atoms with Crippen molar-refractivity contribution in [2.45, 2.75) is 13.3 Å². The Kier molecular flexibility index (Phi) is 3.58. The number of aryl methyl sites for hydroxylation is 1. The Hall–Kier alpha value is -2.76. The molecule has 112 valence electrons. The molecule has 0 atom stereocenters. The summed E-state index contributed by atoms with van der Waals surface area (Å²) in [4.78, 5) is 15.8. The van der Waals surface area contributed by atoms with Gasteiger partial charge in [0.05, 0.1) is 24.9 Å². The Labute approximate surface area is 126 Å². The van der Waals surface area contributed by atoms with Gasteiger partial charge >= 0.3 is 5.97 Å². The van der Waals surface area contributed by atoms with Crippen LogP contribution in [0.1, 0.15) is 11.4 Å². The minimum Gasteiger partial charge on any atom is -0.469 e. The number of ether oxygens (including phenoxy) is 1. The van der Waals surface area contributed by atoms with Gasteiger partial charge in [0.25, 0.3) is 0 Å². The Morgan fingerprint density at radius 1 is 1.27 bits per heavy atom. The number of aromatic nitrogens is 3. The lowest BCUT2D eigenvalue weighted by atomic mass is 10.1. The lowest BCUT2D eigenvalue weighted by molar-refractivity contribution is -0.139. The molecule has 0 saturated heterocycles. The summed E-state index contributed by atoms with van der Waals surface area (Å²) in [5.74, 6) is -0.628. The predicted octanol–water partition coefficient (Wildman–Crippen LogP) is 2.56. The summed E-state index contributed by atoms with van der Waals surface area (Å²) < 4.78 is 19.3. The van der Waals surface area contributed by atoms with Crippen LogP contribution in [0.15, 0.2) is 36.4 Å². The largest absolute Gasteiger partial charge is 0.469 e. The van der Waals surface area contributed by atoms with Crippen molar-refractivity contribution in [1.82, 2.24) is 14.6 Å². The quantitative estimate of drug-likeness (QED) is 0.697. The molecule has 3 rings (SSSR count). The van der Waals surface area contributed by atoms with Gasteiger partial charge in [-0.2, -0.15) is 5.10 Å². The lowest BCUT2D eigenvalue weighted by Crippen LogP contribution is -2.08. The first-order valence-corrected chi connectivity index (χ1v) is 6.76. The smallest absolute Gasteiger partial charge is 0.311 e. The van der Waals surface area contributed by atoms with Gasteiger partial charge in [0.1, 0.15) is 5.82 Å². The van der Waals surface area contributed by atoms with Crippen molar-refractivity contribution in [3.05, 3.63) is 53.6 Å². The molecule has 6 heteroatoms. The average Bonchev–Trinajstić information content (AvgIpc) is 2.92. The average molecular weight is 299 g/mol. The zero-order valence-corrected chi connectivity index (χ0v) is 12.2. The van der Waals surface area contributed by atoms with Crippen LogP contribution >= 0.6 is 0 Å². The number of carbonyl (C=O) groups excluding carboxylic acids is 1. The van der Waals surface area contributed by atoms with Crippen molar-refractivity contribution >= 4 is 11.6 Å². The topological polar surface area (TPSA) is 56.5 Å². The Morgan fingerprint density at radius 3 is 2.68 bits per heavy atom. The number of esters is 1. The molecule has 0 aliphatic rings. The monoisotopic (exact) mass is 299 g/mol. The van der Waals surface area contributed by atoms with E-state index in [0.29, 0.717) is 17.0 Å². The van der Waals surface area contributed by atoms with E-state index in [0.717, 1.165) is 11.3 Å². The normalized spacial score (nSPS) is 10.9. The summed E-state index contributed by atoms with van der Waals surface area (Å²) in [5, 5.41) is 4.47. The van der Waals surface area contributed by atoms with Gasteiger partial charge in [0, 0.05) is 17.3 Å². The van der Waals surface area contributed by atoms with Crippen molar-refractivity contribution < 1.29 is 13.9 Å². The number of carbonyl (C=O) groups is 1. The zero-order chi connectivity index (χ0) is 15.7. The van der Waals surface area contributed by atoms with E-state index in [1.807, 2.05) is 6.92 Å². The number of benzene rings is 1. The molecule has 0 aliphatic carbocycles. The first kappa shape index (κ1) is 14.2. The molecule has 5 nitrogen and oxygen atoms in total. The molecule has 2 heterocycles. The van der Waals surface area contributed by atoms with Crippen LogP contribution in [0.4, 0.5) is 4.39 Å². The Morgan fingerprint density at radius 2 is 2.00 bits per heavy atom. The fourth-order valence-corrected chi connectivity index (χ4v) is 2.26. The van der Waals surface area contributed by atoms with Gasteiger partial charge in [0.2, 0.25) is 0 Å². The molecule has 2 aromatic heterocycles. The van der Waals surface area contributed by atoms with Gasteiger partial charge in [-0.05, 0) is 37.3 Å². The minimum absolute atomic E-state index is 0.116. The number of fused-ring (bicyclic) bond motifs is 1. The summed E-state index contributed by atoms with van der Waals surface area (Å²) in [5.41, 5.74) is 3.63. The summed E-state index contributed by atoms with van der Waals surface area (Å²) in [6.45, 7) is 1.89. The third-order valence-electron chi connectivity index (χ3n) is 3.35. The molecular weight excluding hydrogens is 285 g/mol. The maximum absolute atomic E-state index is 13.0. The molecule has 0 amide bonds. The van der Waals surface area contributed by atoms with Crippen molar-refractivity contribution in [3.8, 4) is 11.3 Å². The summed E-state index contributed by atoms with van der Waals surface area (Å²) >= 11 is 0. The van der Waals surface area contributed by atoms with Gasteiger partial charge in [-0.3, -0.25) is 4.79 Å². The van der Waals surface area contributed by atoms with Crippen LogP contribution in [0.5, 0.6) is 0 Å². The summed E-state index contributed by atoms with van der Waals surface area (Å²) in [7, 11) is 1.35. The second-order valence-electron chi connectivity index (χ2n) is 4.95. The molecule has 0 spiro atoms. The van der Waals surface area contributed by atoms with Gasteiger partial charge in [-0.15, -0.1) is 0 Å². The van der Waals surface area contributed by atoms with Crippen molar-refractivity contribution in [3.63, 3.8) is 0 Å². The molecule has 3 aromatic rings. The van der Waals surface area contributed by atoms with E-state index in [-0.39, 0.29) is 18.2 Å². The highest BCUT2D eigenvalue weighted by molar-refractivity contribution is 5.72. The highest BCUT2D eigenvalue weighted by Crippen LogP contribution is 2.20. The Balaban J connectivity index is 2.03. The van der Waals surface area contributed by atoms with E-state index in [9.17, 15) is 9.18 Å². The van der Waals surface area contributed by atoms with Gasteiger partial charge < -0.3 is 4.74 Å². The highest BCUT2D eigenvalue weighted by atomic mass is 19.1. The van der Waals surface area contributed by atoms with Crippen LogP contribution < -0.4 is 0 Å². The van der Waals surface area contributed by atoms with Gasteiger partial charge in [0.15, 0.2) is 5.65 Å². The zero-order valence-electron chi connectivity index (χ0n) is 12.2. The van der Waals surface area contributed by atoms with E-state index in [2.05, 4.69) is 14.8 Å². The van der Waals surface area contributed by atoms with Crippen LogP contribution in [-0.2, 0) is 16.0 Å². The first-order chi connectivity index (χ1) is 10.6. The second kappa shape index (κ2) is 5.55. The SMILES string of the molecule is COC(=O)Cc1cc(C)n2nc(-c3ccc(F)cc3)cc2n1. The third kappa shape index (κ3) is 2.67. The van der Waals surface area contributed by atoms with Crippen molar-refractivity contribution in [2.75, 3.05) is 7.11 Å². The molecule has 0 fully saturated rings. The molecule has 0 aliphatic heterocycles. The van der Waals surface area contributed by atoms with Crippen LogP contribution in [0, 0.1) is 12.7 Å². The minimum atomic E-state index is -0.338.